The number of hydrogen-bond donors (Lipinski definition) is 1. The summed E-state index contributed by atoms with van der Waals surface area (Å²) in [6.07, 6.45) is 2.39. The molecule has 0 spiro atoms. The van der Waals surface area contributed by atoms with Crippen molar-refractivity contribution in [3.05, 3.63) is 77.1 Å². The smallest absolute Gasteiger partial charge is 0.321 e. The van der Waals surface area contributed by atoms with E-state index in [1.165, 1.54) is 30.3 Å². The van der Waals surface area contributed by atoms with E-state index in [1.54, 1.807) is 32.7 Å². The first-order chi connectivity index (χ1) is 16.0. The molecule has 2 aromatic carbocycles. The molecule has 0 bridgehead atoms. The van der Waals surface area contributed by atoms with Crippen molar-refractivity contribution in [3.63, 3.8) is 0 Å². The summed E-state index contributed by atoms with van der Waals surface area (Å²) in [5.74, 6) is -0.944. The van der Waals surface area contributed by atoms with Crippen LogP contribution in [0.3, 0.4) is 0 Å². The Bertz CT molecular complexity index is 1200. The van der Waals surface area contributed by atoms with Crippen LogP contribution in [-0.2, 0) is 12.8 Å². The Morgan fingerprint density at radius 3 is 2.30 bits per heavy atom. The summed E-state index contributed by atoms with van der Waals surface area (Å²) in [5, 5.41) is 7.26. The van der Waals surface area contributed by atoms with Crippen LogP contribution in [0.4, 0.5) is 19.3 Å². The van der Waals surface area contributed by atoms with Crippen molar-refractivity contribution in [3.8, 4) is 5.69 Å². The van der Waals surface area contributed by atoms with Gasteiger partial charge < -0.3 is 15.1 Å². The van der Waals surface area contributed by atoms with Gasteiger partial charge >= 0.3 is 6.03 Å². The lowest BCUT2D eigenvalue weighted by molar-refractivity contribution is 0.0664. The topological polar surface area (TPSA) is 70.5 Å². The van der Waals surface area contributed by atoms with Crippen molar-refractivity contribution in [2.45, 2.75) is 19.3 Å². The van der Waals surface area contributed by atoms with E-state index in [9.17, 15) is 18.4 Å². The average Bonchev–Trinajstić information content (AvgIpc) is 3.44. The standard InChI is InChI=1S/C24H23F2N5O2/c25-16-8-10-17(11-9-16)27-24(33)30-14-12-29(13-15-30)23(32)22-18-4-3-7-20(18)31(28-22)21-6-2-1-5-19(21)26/h1-2,5-6,8-11H,3-4,7,12-15H2,(H,27,33). The number of rotatable bonds is 3. The van der Waals surface area contributed by atoms with E-state index in [2.05, 4.69) is 10.4 Å². The second kappa shape index (κ2) is 8.65. The minimum Gasteiger partial charge on any atom is -0.334 e. The highest BCUT2D eigenvalue weighted by Crippen LogP contribution is 2.29. The van der Waals surface area contributed by atoms with Crippen LogP contribution in [0, 0.1) is 11.6 Å². The number of carbonyl (C=O) groups is 2. The van der Waals surface area contributed by atoms with Gasteiger partial charge in [0.1, 0.15) is 17.3 Å². The van der Waals surface area contributed by atoms with Crippen molar-refractivity contribution < 1.29 is 18.4 Å². The van der Waals surface area contributed by atoms with Gasteiger partial charge in [0.05, 0.1) is 0 Å². The Morgan fingerprint density at radius 2 is 1.58 bits per heavy atom. The highest BCUT2D eigenvalue weighted by atomic mass is 19.1. The number of aromatic nitrogens is 2. The molecule has 9 heteroatoms. The Labute approximate surface area is 189 Å². The van der Waals surface area contributed by atoms with Gasteiger partial charge in [-0.25, -0.2) is 18.3 Å². The number of nitrogens with one attached hydrogen (secondary N) is 1. The number of anilines is 1. The highest BCUT2D eigenvalue weighted by molar-refractivity contribution is 5.95. The van der Waals surface area contributed by atoms with Crippen molar-refractivity contribution in [1.29, 1.82) is 0 Å². The zero-order valence-corrected chi connectivity index (χ0v) is 17.9. The van der Waals surface area contributed by atoms with E-state index in [-0.39, 0.29) is 23.6 Å². The third-order valence-corrected chi connectivity index (χ3v) is 6.16. The SMILES string of the molecule is O=C(Nc1ccc(F)cc1)N1CCN(C(=O)c2nn(-c3ccccc3F)c3c2CCC3)CC1. The zero-order valence-electron chi connectivity index (χ0n) is 17.9. The van der Waals surface area contributed by atoms with E-state index < -0.39 is 0 Å². The molecule has 1 N–H and O–H groups in total. The predicted molar refractivity (Wildman–Crippen MR) is 118 cm³/mol. The molecule has 3 aromatic rings. The fourth-order valence-electron chi connectivity index (χ4n) is 4.43. The van der Waals surface area contributed by atoms with Crippen molar-refractivity contribution in [2.24, 2.45) is 0 Å². The average molecular weight is 451 g/mol. The van der Waals surface area contributed by atoms with Crippen LogP contribution < -0.4 is 5.32 Å². The Hall–Kier alpha value is -3.75. The normalized spacial score (nSPS) is 15.5. The van der Waals surface area contributed by atoms with E-state index in [4.69, 9.17) is 0 Å². The maximum Gasteiger partial charge on any atom is 0.321 e. The van der Waals surface area contributed by atoms with Crippen molar-refractivity contribution >= 4 is 17.6 Å². The number of para-hydroxylation sites is 1. The maximum atomic E-state index is 14.4. The van der Waals surface area contributed by atoms with E-state index >= 15 is 0 Å². The Morgan fingerprint density at radius 1 is 0.879 bits per heavy atom. The van der Waals surface area contributed by atoms with Crippen LogP contribution in [0.1, 0.15) is 28.2 Å². The molecule has 7 nitrogen and oxygen atoms in total. The lowest BCUT2D eigenvalue weighted by Crippen LogP contribution is -2.51. The molecule has 1 aromatic heterocycles. The molecule has 33 heavy (non-hydrogen) atoms. The lowest BCUT2D eigenvalue weighted by Gasteiger charge is -2.34. The monoisotopic (exact) mass is 451 g/mol. The lowest BCUT2D eigenvalue weighted by atomic mass is 10.1. The summed E-state index contributed by atoms with van der Waals surface area (Å²) in [7, 11) is 0. The van der Waals surface area contributed by atoms with Gasteiger partial charge in [0.15, 0.2) is 5.69 Å². The number of benzene rings is 2. The molecule has 0 radical (unpaired) electrons. The number of carbonyl (C=O) groups excluding carboxylic acids is 2. The van der Waals surface area contributed by atoms with Gasteiger partial charge in [0.2, 0.25) is 0 Å². The van der Waals surface area contributed by atoms with Crippen LogP contribution in [0.25, 0.3) is 5.69 Å². The van der Waals surface area contributed by atoms with Crippen LogP contribution in [0.15, 0.2) is 48.5 Å². The van der Waals surface area contributed by atoms with Crippen LogP contribution in [0.2, 0.25) is 0 Å². The van der Waals surface area contributed by atoms with E-state index in [0.717, 1.165) is 30.5 Å². The number of nitrogens with zero attached hydrogens (tertiary/aromatic N) is 4. The predicted octanol–water partition coefficient (Wildman–Crippen LogP) is 3.63. The molecule has 0 unspecified atom stereocenters. The molecule has 0 atom stereocenters. The number of amides is 3. The molecular weight excluding hydrogens is 428 g/mol. The van der Waals surface area contributed by atoms with Gasteiger partial charge in [-0.3, -0.25) is 4.79 Å². The summed E-state index contributed by atoms with van der Waals surface area (Å²) in [4.78, 5) is 29.1. The van der Waals surface area contributed by atoms with Crippen molar-refractivity contribution in [2.75, 3.05) is 31.5 Å². The molecule has 1 aliphatic carbocycles. The van der Waals surface area contributed by atoms with E-state index in [1.807, 2.05) is 0 Å². The van der Waals surface area contributed by atoms with Crippen LogP contribution in [0.5, 0.6) is 0 Å². The van der Waals surface area contributed by atoms with Crippen LogP contribution in [-0.4, -0.2) is 57.7 Å². The number of fused-ring (bicyclic) bond motifs is 1. The van der Waals surface area contributed by atoms with Crippen LogP contribution >= 0.6 is 0 Å². The number of piperazine rings is 1. The molecule has 1 saturated heterocycles. The molecular formula is C24H23F2N5O2. The molecule has 1 fully saturated rings. The van der Waals surface area contributed by atoms with Gasteiger partial charge in [0, 0.05) is 43.1 Å². The summed E-state index contributed by atoms with van der Waals surface area (Å²) >= 11 is 0. The van der Waals surface area contributed by atoms with Gasteiger partial charge in [-0.15, -0.1) is 0 Å². The first kappa shape index (κ1) is 21.1. The van der Waals surface area contributed by atoms with Gasteiger partial charge in [-0.2, -0.15) is 5.10 Å². The molecule has 1 aliphatic heterocycles. The summed E-state index contributed by atoms with van der Waals surface area (Å²) in [6, 6.07) is 11.7. The minimum atomic E-state index is -0.380. The fraction of sp³-hybridized carbons (Fsp3) is 0.292. The molecule has 0 saturated carbocycles. The Kier molecular flexibility index (Phi) is 5.53. The third kappa shape index (κ3) is 4.06. The minimum absolute atomic E-state index is 0.193. The molecule has 2 heterocycles. The van der Waals surface area contributed by atoms with E-state index in [0.29, 0.717) is 43.2 Å². The quantitative estimate of drug-likeness (QED) is 0.661. The molecule has 3 amide bonds. The summed E-state index contributed by atoms with van der Waals surface area (Å²) in [5.41, 5.74) is 3.00. The first-order valence-electron chi connectivity index (χ1n) is 11.0. The Balaban J connectivity index is 1.28. The number of halogens is 2. The second-order valence-electron chi connectivity index (χ2n) is 8.21. The largest absolute Gasteiger partial charge is 0.334 e. The molecule has 170 valence electrons. The maximum absolute atomic E-state index is 14.4. The third-order valence-electron chi connectivity index (χ3n) is 6.16. The number of hydrogen-bond acceptors (Lipinski definition) is 3. The summed E-state index contributed by atoms with van der Waals surface area (Å²) < 4.78 is 29.0. The summed E-state index contributed by atoms with van der Waals surface area (Å²) in [6.45, 7) is 1.48. The zero-order chi connectivity index (χ0) is 22.9. The highest BCUT2D eigenvalue weighted by Gasteiger charge is 2.32. The first-order valence-corrected chi connectivity index (χ1v) is 11.0. The van der Waals surface area contributed by atoms with Gasteiger partial charge in [0.25, 0.3) is 5.91 Å². The van der Waals surface area contributed by atoms with Gasteiger partial charge in [-0.05, 0) is 55.7 Å². The fourth-order valence-corrected chi connectivity index (χ4v) is 4.43. The number of urea groups is 1. The molecule has 5 rings (SSSR count). The van der Waals surface area contributed by atoms with Crippen molar-refractivity contribution in [1.82, 2.24) is 19.6 Å². The molecule has 2 aliphatic rings. The van der Waals surface area contributed by atoms with Gasteiger partial charge in [-0.1, -0.05) is 12.1 Å². The second-order valence-corrected chi connectivity index (χ2v) is 8.21.